The number of hydrogen-bond acceptors (Lipinski definition) is 1. The van der Waals surface area contributed by atoms with Gasteiger partial charge in [0, 0.05) is 18.5 Å². The summed E-state index contributed by atoms with van der Waals surface area (Å²) in [5, 5.41) is 0. The van der Waals surface area contributed by atoms with E-state index in [2.05, 4.69) is 36.9 Å². The molecule has 1 unspecified atom stereocenters. The highest BCUT2D eigenvalue weighted by Gasteiger charge is 2.21. The second-order valence-corrected chi connectivity index (χ2v) is 5.81. The van der Waals surface area contributed by atoms with Gasteiger partial charge in [-0.2, -0.15) is 0 Å². The van der Waals surface area contributed by atoms with E-state index in [1.807, 2.05) is 0 Å². The molecule has 1 aliphatic heterocycles. The third-order valence-electron chi connectivity index (χ3n) is 4.18. The first-order valence-electron chi connectivity index (χ1n) is 7.07. The number of alkyl halides is 1. The van der Waals surface area contributed by atoms with Gasteiger partial charge < -0.3 is 0 Å². The quantitative estimate of drug-likeness (QED) is 0.737. The average Bonchev–Trinajstić information content (AvgIpc) is 2.59. The van der Waals surface area contributed by atoms with Crippen LogP contribution in [0.15, 0.2) is 18.2 Å². The van der Waals surface area contributed by atoms with Crippen LogP contribution in [0.2, 0.25) is 0 Å². The van der Waals surface area contributed by atoms with E-state index in [0.29, 0.717) is 6.04 Å². The van der Waals surface area contributed by atoms with Crippen LogP contribution in [0.1, 0.15) is 42.4 Å². The van der Waals surface area contributed by atoms with Gasteiger partial charge in [0.1, 0.15) is 0 Å². The van der Waals surface area contributed by atoms with Crippen molar-refractivity contribution in [3.05, 3.63) is 34.9 Å². The van der Waals surface area contributed by atoms with Crippen molar-refractivity contribution >= 4 is 11.6 Å². The number of likely N-dealkylation sites (tertiary alicyclic amines) is 1. The molecule has 2 heteroatoms. The third kappa shape index (κ3) is 3.27. The SMILES string of the molecule is Cc1cccc(C)c1CN1CCCCCC1CCl. The molecule has 1 saturated heterocycles. The fourth-order valence-corrected chi connectivity index (χ4v) is 3.27. The van der Waals surface area contributed by atoms with Gasteiger partial charge in [-0.05, 0) is 49.9 Å². The van der Waals surface area contributed by atoms with Gasteiger partial charge in [-0.15, -0.1) is 11.6 Å². The first-order chi connectivity index (χ1) is 8.72. The fraction of sp³-hybridized carbons (Fsp3) is 0.625. The molecule has 0 saturated carbocycles. The molecule has 0 N–H and O–H groups in total. The van der Waals surface area contributed by atoms with Crippen molar-refractivity contribution in [2.24, 2.45) is 0 Å². The number of hydrogen-bond donors (Lipinski definition) is 0. The van der Waals surface area contributed by atoms with Crippen molar-refractivity contribution in [2.75, 3.05) is 12.4 Å². The van der Waals surface area contributed by atoms with E-state index in [1.165, 1.54) is 48.9 Å². The Kier molecular flexibility index (Phi) is 5.08. The summed E-state index contributed by atoms with van der Waals surface area (Å²) in [6, 6.07) is 7.15. The standard InChI is InChI=1S/C16H24ClN/c1-13-7-6-8-14(2)16(13)12-18-10-5-3-4-9-15(18)11-17/h6-8,15H,3-5,9-12H2,1-2H3. The Morgan fingerprint density at radius 2 is 1.89 bits per heavy atom. The molecule has 1 nitrogen and oxygen atoms in total. The van der Waals surface area contributed by atoms with E-state index >= 15 is 0 Å². The third-order valence-corrected chi connectivity index (χ3v) is 4.54. The maximum Gasteiger partial charge on any atom is 0.0379 e. The molecule has 0 radical (unpaired) electrons. The van der Waals surface area contributed by atoms with Crippen molar-refractivity contribution in [1.82, 2.24) is 4.90 Å². The van der Waals surface area contributed by atoms with Gasteiger partial charge in [-0.1, -0.05) is 31.0 Å². The molecule has 0 bridgehead atoms. The van der Waals surface area contributed by atoms with E-state index in [4.69, 9.17) is 11.6 Å². The highest BCUT2D eigenvalue weighted by atomic mass is 35.5. The number of aryl methyl sites for hydroxylation is 2. The smallest absolute Gasteiger partial charge is 0.0379 e. The highest BCUT2D eigenvalue weighted by Crippen LogP contribution is 2.23. The van der Waals surface area contributed by atoms with Crippen LogP contribution in [-0.2, 0) is 6.54 Å². The maximum absolute atomic E-state index is 6.15. The van der Waals surface area contributed by atoms with Gasteiger partial charge in [-0.3, -0.25) is 4.90 Å². The predicted octanol–water partition coefficient (Wildman–Crippen LogP) is 4.29. The van der Waals surface area contributed by atoms with Crippen LogP contribution < -0.4 is 0 Å². The number of halogens is 1. The summed E-state index contributed by atoms with van der Waals surface area (Å²) in [6.07, 6.45) is 5.27. The summed E-state index contributed by atoms with van der Waals surface area (Å²) in [4.78, 5) is 2.59. The summed E-state index contributed by atoms with van der Waals surface area (Å²) >= 11 is 6.15. The zero-order valence-corrected chi connectivity index (χ0v) is 12.3. The first-order valence-corrected chi connectivity index (χ1v) is 7.61. The lowest BCUT2D eigenvalue weighted by Crippen LogP contribution is -2.36. The van der Waals surface area contributed by atoms with Crippen LogP contribution in [-0.4, -0.2) is 23.4 Å². The van der Waals surface area contributed by atoms with Gasteiger partial charge >= 0.3 is 0 Å². The summed E-state index contributed by atoms with van der Waals surface area (Å²) in [5.74, 6) is 0.769. The molecule has 1 aliphatic rings. The molecule has 0 aromatic heterocycles. The Bertz CT molecular complexity index is 368. The number of nitrogens with zero attached hydrogens (tertiary/aromatic N) is 1. The second kappa shape index (κ2) is 6.58. The van der Waals surface area contributed by atoms with Gasteiger partial charge in [0.15, 0.2) is 0 Å². The van der Waals surface area contributed by atoms with Crippen molar-refractivity contribution < 1.29 is 0 Å². The summed E-state index contributed by atoms with van der Waals surface area (Å²) in [7, 11) is 0. The lowest BCUT2D eigenvalue weighted by molar-refractivity contribution is 0.206. The molecule has 0 amide bonds. The lowest BCUT2D eigenvalue weighted by atomic mass is 10.0. The molecular formula is C16H24ClN. The molecule has 0 aliphatic carbocycles. The molecule has 100 valence electrons. The molecule has 0 spiro atoms. The van der Waals surface area contributed by atoms with Crippen molar-refractivity contribution in [3.8, 4) is 0 Å². The topological polar surface area (TPSA) is 3.24 Å². The van der Waals surface area contributed by atoms with Crippen LogP contribution in [0, 0.1) is 13.8 Å². The molecular weight excluding hydrogens is 242 g/mol. The van der Waals surface area contributed by atoms with E-state index in [1.54, 1.807) is 0 Å². The van der Waals surface area contributed by atoms with Crippen molar-refractivity contribution in [2.45, 2.75) is 52.1 Å². The Hall–Kier alpha value is -0.530. The van der Waals surface area contributed by atoms with Crippen LogP contribution in [0.25, 0.3) is 0 Å². The number of rotatable bonds is 3. The molecule has 18 heavy (non-hydrogen) atoms. The van der Waals surface area contributed by atoms with Gasteiger partial charge in [-0.25, -0.2) is 0 Å². The van der Waals surface area contributed by atoms with Crippen LogP contribution >= 0.6 is 11.6 Å². The van der Waals surface area contributed by atoms with E-state index in [-0.39, 0.29) is 0 Å². The molecule has 1 fully saturated rings. The lowest BCUT2D eigenvalue weighted by Gasteiger charge is -2.29. The minimum atomic E-state index is 0.563. The second-order valence-electron chi connectivity index (χ2n) is 5.50. The molecule has 1 aromatic rings. The Balaban J connectivity index is 2.15. The molecule has 2 rings (SSSR count). The largest absolute Gasteiger partial charge is 0.295 e. The van der Waals surface area contributed by atoms with E-state index in [9.17, 15) is 0 Å². The number of benzene rings is 1. The predicted molar refractivity (Wildman–Crippen MR) is 79.3 cm³/mol. The van der Waals surface area contributed by atoms with E-state index < -0.39 is 0 Å². The van der Waals surface area contributed by atoms with Gasteiger partial charge in [0.2, 0.25) is 0 Å². The normalized spacial score (nSPS) is 21.8. The molecule has 1 heterocycles. The first kappa shape index (κ1) is 13.9. The van der Waals surface area contributed by atoms with Crippen molar-refractivity contribution in [3.63, 3.8) is 0 Å². The van der Waals surface area contributed by atoms with Crippen molar-refractivity contribution in [1.29, 1.82) is 0 Å². The zero-order chi connectivity index (χ0) is 13.0. The summed E-state index contributed by atoms with van der Waals surface area (Å²) < 4.78 is 0. The fourth-order valence-electron chi connectivity index (χ4n) is 2.92. The Labute approximate surface area is 116 Å². The van der Waals surface area contributed by atoms with E-state index in [0.717, 1.165) is 12.4 Å². The zero-order valence-electron chi connectivity index (χ0n) is 11.6. The van der Waals surface area contributed by atoms with Gasteiger partial charge in [0.05, 0.1) is 0 Å². The minimum Gasteiger partial charge on any atom is -0.295 e. The summed E-state index contributed by atoms with van der Waals surface area (Å²) in [5.41, 5.74) is 4.31. The van der Waals surface area contributed by atoms with Crippen LogP contribution in [0.4, 0.5) is 0 Å². The summed E-state index contributed by atoms with van der Waals surface area (Å²) in [6.45, 7) is 6.70. The monoisotopic (exact) mass is 265 g/mol. The highest BCUT2D eigenvalue weighted by molar-refractivity contribution is 6.18. The Morgan fingerprint density at radius 1 is 1.17 bits per heavy atom. The molecule has 1 atom stereocenters. The maximum atomic E-state index is 6.15. The minimum absolute atomic E-state index is 0.563. The average molecular weight is 266 g/mol. The van der Waals surface area contributed by atoms with Gasteiger partial charge in [0.25, 0.3) is 0 Å². The van der Waals surface area contributed by atoms with Crippen LogP contribution in [0.5, 0.6) is 0 Å². The van der Waals surface area contributed by atoms with Crippen LogP contribution in [0.3, 0.4) is 0 Å². The Morgan fingerprint density at radius 3 is 2.56 bits per heavy atom. The molecule has 1 aromatic carbocycles.